The molecule has 0 spiro atoms. The van der Waals surface area contributed by atoms with Gasteiger partial charge in [0, 0.05) is 38.9 Å². The van der Waals surface area contributed by atoms with Crippen molar-refractivity contribution in [3.05, 3.63) is 52.3 Å². The maximum atomic E-state index is 12.3. The maximum absolute atomic E-state index is 12.3. The average Bonchev–Trinajstić information content (AvgIpc) is 3.30. The van der Waals surface area contributed by atoms with Gasteiger partial charge in [0.05, 0.1) is 18.2 Å². The standard InChI is InChI=1S/C18H22N4OS/c1-14-18-19-16(10-17(23)20-5-2-3-6-20)12-22(18)8-7-21(14)11-15-4-9-24-13-15/h2-4,9,12-14H,5-8,10-11H2,1H3. The fraction of sp³-hybridized carbons (Fsp3) is 0.444. The normalized spacial score (nSPS) is 20.5. The summed E-state index contributed by atoms with van der Waals surface area (Å²) in [6, 6.07) is 2.46. The van der Waals surface area contributed by atoms with Crippen LogP contribution < -0.4 is 0 Å². The van der Waals surface area contributed by atoms with E-state index in [1.165, 1.54) is 5.56 Å². The molecule has 0 aliphatic carbocycles. The number of rotatable bonds is 4. The highest BCUT2D eigenvalue weighted by molar-refractivity contribution is 7.07. The molecule has 24 heavy (non-hydrogen) atoms. The van der Waals surface area contributed by atoms with Crippen LogP contribution in [0.3, 0.4) is 0 Å². The lowest BCUT2D eigenvalue weighted by Gasteiger charge is -2.33. The predicted molar refractivity (Wildman–Crippen MR) is 94.8 cm³/mol. The van der Waals surface area contributed by atoms with Gasteiger partial charge in [-0.15, -0.1) is 0 Å². The van der Waals surface area contributed by atoms with Crippen LogP contribution in [0.4, 0.5) is 0 Å². The molecule has 4 heterocycles. The summed E-state index contributed by atoms with van der Waals surface area (Å²) in [5.74, 6) is 1.25. The van der Waals surface area contributed by atoms with Gasteiger partial charge >= 0.3 is 0 Å². The number of nitrogens with zero attached hydrogens (tertiary/aromatic N) is 4. The van der Waals surface area contributed by atoms with Crippen molar-refractivity contribution in [3.63, 3.8) is 0 Å². The number of aromatic nitrogens is 2. The minimum absolute atomic E-state index is 0.165. The Morgan fingerprint density at radius 1 is 1.33 bits per heavy atom. The highest BCUT2D eigenvalue weighted by Gasteiger charge is 2.27. The number of thiophene rings is 1. The first-order valence-electron chi connectivity index (χ1n) is 8.44. The number of imidazole rings is 1. The average molecular weight is 342 g/mol. The zero-order chi connectivity index (χ0) is 16.5. The molecule has 2 aromatic rings. The summed E-state index contributed by atoms with van der Waals surface area (Å²) in [5.41, 5.74) is 2.26. The van der Waals surface area contributed by atoms with Crippen molar-refractivity contribution in [1.29, 1.82) is 0 Å². The molecule has 0 fully saturated rings. The van der Waals surface area contributed by atoms with E-state index in [1.54, 1.807) is 11.3 Å². The van der Waals surface area contributed by atoms with Gasteiger partial charge in [-0.05, 0) is 29.3 Å². The topological polar surface area (TPSA) is 41.4 Å². The van der Waals surface area contributed by atoms with Crippen LogP contribution >= 0.6 is 11.3 Å². The van der Waals surface area contributed by atoms with Crippen molar-refractivity contribution in [1.82, 2.24) is 19.4 Å². The van der Waals surface area contributed by atoms with Crippen LogP contribution in [0.2, 0.25) is 0 Å². The summed E-state index contributed by atoms with van der Waals surface area (Å²) in [6.07, 6.45) is 6.55. The van der Waals surface area contributed by atoms with Gasteiger partial charge in [0.1, 0.15) is 5.82 Å². The molecule has 1 amide bonds. The molecular formula is C18H22N4OS. The van der Waals surface area contributed by atoms with Gasteiger partial charge in [0.2, 0.25) is 5.91 Å². The van der Waals surface area contributed by atoms with Crippen LogP contribution in [-0.4, -0.2) is 44.9 Å². The Morgan fingerprint density at radius 3 is 2.92 bits per heavy atom. The molecule has 5 nitrogen and oxygen atoms in total. The van der Waals surface area contributed by atoms with Gasteiger partial charge < -0.3 is 9.47 Å². The lowest BCUT2D eigenvalue weighted by molar-refractivity contribution is -0.129. The second-order valence-corrected chi connectivity index (χ2v) is 7.29. The van der Waals surface area contributed by atoms with Gasteiger partial charge in [0.25, 0.3) is 0 Å². The second kappa shape index (κ2) is 6.53. The Kier molecular flexibility index (Phi) is 4.24. The molecular weight excluding hydrogens is 320 g/mol. The first kappa shape index (κ1) is 15.6. The number of hydrogen-bond acceptors (Lipinski definition) is 4. The first-order valence-corrected chi connectivity index (χ1v) is 9.39. The monoisotopic (exact) mass is 342 g/mol. The van der Waals surface area contributed by atoms with Gasteiger partial charge in [-0.25, -0.2) is 4.98 Å². The van der Waals surface area contributed by atoms with Crippen molar-refractivity contribution in [2.75, 3.05) is 19.6 Å². The van der Waals surface area contributed by atoms with Crippen LogP contribution in [0.25, 0.3) is 0 Å². The van der Waals surface area contributed by atoms with Gasteiger partial charge in [-0.1, -0.05) is 12.2 Å². The third-order valence-corrected chi connectivity index (χ3v) is 5.61. The molecule has 126 valence electrons. The first-order chi connectivity index (χ1) is 11.7. The fourth-order valence-electron chi connectivity index (χ4n) is 3.46. The molecule has 0 saturated heterocycles. The van der Waals surface area contributed by atoms with E-state index in [2.05, 4.69) is 39.4 Å². The minimum Gasteiger partial charge on any atom is -0.335 e. The Labute approximate surface area is 146 Å². The van der Waals surface area contributed by atoms with E-state index >= 15 is 0 Å². The van der Waals surface area contributed by atoms with E-state index in [1.807, 2.05) is 17.1 Å². The molecule has 0 N–H and O–H groups in total. The summed E-state index contributed by atoms with van der Waals surface area (Å²) in [5, 5.41) is 4.34. The molecule has 2 aliphatic heterocycles. The highest BCUT2D eigenvalue weighted by atomic mass is 32.1. The third-order valence-electron chi connectivity index (χ3n) is 4.88. The largest absolute Gasteiger partial charge is 0.335 e. The maximum Gasteiger partial charge on any atom is 0.229 e. The van der Waals surface area contributed by atoms with Crippen molar-refractivity contribution >= 4 is 17.2 Å². The summed E-state index contributed by atoms with van der Waals surface area (Å²) in [7, 11) is 0. The van der Waals surface area contributed by atoms with E-state index in [9.17, 15) is 4.79 Å². The predicted octanol–water partition coefficient (Wildman–Crippen LogP) is 2.46. The molecule has 4 rings (SSSR count). The number of fused-ring (bicyclic) bond motifs is 1. The lowest BCUT2D eigenvalue weighted by Crippen LogP contribution is -2.36. The third kappa shape index (κ3) is 3.03. The molecule has 0 aromatic carbocycles. The van der Waals surface area contributed by atoms with Gasteiger partial charge in [0.15, 0.2) is 0 Å². The van der Waals surface area contributed by atoms with E-state index in [4.69, 9.17) is 4.98 Å². The number of hydrogen-bond donors (Lipinski definition) is 0. The van der Waals surface area contributed by atoms with Crippen LogP contribution in [0, 0.1) is 0 Å². The molecule has 2 aliphatic rings. The number of carbonyl (C=O) groups excluding carboxylic acids is 1. The van der Waals surface area contributed by atoms with E-state index in [0.717, 1.165) is 44.2 Å². The molecule has 0 bridgehead atoms. The number of carbonyl (C=O) groups is 1. The minimum atomic E-state index is 0.165. The quantitative estimate of drug-likeness (QED) is 0.802. The molecule has 6 heteroatoms. The zero-order valence-electron chi connectivity index (χ0n) is 13.9. The van der Waals surface area contributed by atoms with Crippen molar-refractivity contribution in [3.8, 4) is 0 Å². The fourth-order valence-corrected chi connectivity index (χ4v) is 4.12. The Bertz CT molecular complexity index is 741. The summed E-state index contributed by atoms with van der Waals surface area (Å²) < 4.78 is 2.22. The lowest BCUT2D eigenvalue weighted by atomic mass is 10.2. The van der Waals surface area contributed by atoms with E-state index < -0.39 is 0 Å². The van der Waals surface area contributed by atoms with Crippen molar-refractivity contribution in [2.24, 2.45) is 0 Å². The molecule has 1 unspecified atom stereocenters. The summed E-state index contributed by atoms with van der Waals surface area (Å²) >= 11 is 1.74. The van der Waals surface area contributed by atoms with Crippen LogP contribution in [0.1, 0.15) is 30.0 Å². The zero-order valence-corrected chi connectivity index (χ0v) is 14.7. The van der Waals surface area contributed by atoms with Gasteiger partial charge in [-0.3, -0.25) is 9.69 Å². The molecule has 0 radical (unpaired) electrons. The smallest absolute Gasteiger partial charge is 0.229 e. The highest BCUT2D eigenvalue weighted by Crippen LogP contribution is 2.27. The Hall–Kier alpha value is -1.92. The second-order valence-electron chi connectivity index (χ2n) is 6.51. The SMILES string of the molecule is CC1c2nc(CC(=O)N3CC=CC3)cn2CCN1Cc1ccsc1. The Morgan fingerprint density at radius 2 is 2.17 bits per heavy atom. The summed E-state index contributed by atoms with van der Waals surface area (Å²) in [4.78, 5) is 21.4. The van der Waals surface area contributed by atoms with Crippen LogP contribution in [0.5, 0.6) is 0 Å². The number of amides is 1. The summed E-state index contributed by atoms with van der Waals surface area (Å²) in [6.45, 7) is 6.60. The molecule has 0 saturated carbocycles. The van der Waals surface area contributed by atoms with Crippen LogP contribution in [0.15, 0.2) is 35.2 Å². The van der Waals surface area contributed by atoms with Gasteiger partial charge in [-0.2, -0.15) is 11.3 Å². The molecule has 1 atom stereocenters. The van der Waals surface area contributed by atoms with E-state index in [0.29, 0.717) is 6.42 Å². The van der Waals surface area contributed by atoms with Crippen LogP contribution in [-0.2, 0) is 24.3 Å². The van der Waals surface area contributed by atoms with Crippen molar-refractivity contribution < 1.29 is 4.79 Å². The Balaban J connectivity index is 1.45. The van der Waals surface area contributed by atoms with Crippen molar-refractivity contribution in [2.45, 2.75) is 32.5 Å². The van der Waals surface area contributed by atoms with E-state index in [-0.39, 0.29) is 11.9 Å². The molecule has 2 aromatic heterocycles.